The minimum Gasteiger partial charge on any atom is -0.507 e. The van der Waals surface area contributed by atoms with Crippen LogP contribution in [0.15, 0.2) is 53.6 Å². The molecule has 2 aromatic carbocycles. The maximum absolute atomic E-state index is 10.1. The van der Waals surface area contributed by atoms with E-state index in [1.54, 1.807) is 24.3 Å². The molecule has 0 aliphatic heterocycles. The minimum absolute atomic E-state index is 0.0644. The van der Waals surface area contributed by atoms with Crippen molar-refractivity contribution in [2.45, 2.75) is 19.9 Å². The van der Waals surface area contributed by atoms with Gasteiger partial charge in [0.2, 0.25) is 5.82 Å². The van der Waals surface area contributed by atoms with Gasteiger partial charge < -0.3 is 15.5 Å². The average Bonchev–Trinajstić information content (AvgIpc) is 2.98. The van der Waals surface area contributed by atoms with Gasteiger partial charge in [0.25, 0.3) is 0 Å². The molecule has 0 aliphatic rings. The quantitative estimate of drug-likeness (QED) is 0.336. The molecule has 130 valence electrons. The number of hydrogen-bond donors (Lipinski definition) is 2. The molecule has 2 heterocycles. The Balaban J connectivity index is 1.96. The van der Waals surface area contributed by atoms with Crippen molar-refractivity contribution in [3.8, 4) is 5.75 Å². The number of benzene rings is 2. The second-order valence-corrected chi connectivity index (χ2v) is 5.97. The third-order valence-electron chi connectivity index (χ3n) is 4.32. The number of phenols is 1. The van der Waals surface area contributed by atoms with Crippen LogP contribution in [0, 0.1) is 0 Å². The number of aromatic nitrogens is 4. The van der Waals surface area contributed by atoms with Crippen LogP contribution in [0.25, 0.3) is 22.1 Å². The Bertz CT molecular complexity index is 1130. The molecule has 0 atom stereocenters. The van der Waals surface area contributed by atoms with Gasteiger partial charge in [-0.15, -0.1) is 10.2 Å². The van der Waals surface area contributed by atoms with Crippen molar-refractivity contribution in [2.75, 3.05) is 0 Å². The first-order valence-corrected chi connectivity index (χ1v) is 8.43. The average molecular weight is 346 g/mol. The second-order valence-electron chi connectivity index (χ2n) is 5.97. The molecule has 0 spiro atoms. The molecular weight excluding hydrogens is 328 g/mol. The highest BCUT2D eigenvalue weighted by Crippen LogP contribution is 2.27. The van der Waals surface area contributed by atoms with Gasteiger partial charge in [0.05, 0.1) is 5.52 Å². The first-order valence-electron chi connectivity index (χ1n) is 8.43. The van der Waals surface area contributed by atoms with Crippen LogP contribution >= 0.6 is 0 Å². The number of hydrogen-bond acceptors (Lipinski definition) is 6. The van der Waals surface area contributed by atoms with Crippen molar-refractivity contribution in [3.05, 3.63) is 59.9 Å². The summed E-state index contributed by atoms with van der Waals surface area (Å²) in [4.78, 5) is 4.69. The first-order chi connectivity index (χ1) is 12.7. The second kappa shape index (κ2) is 6.44. The van der Waals surface area contributed by atoms with E-state index in [1.807, 2.05) is 18.2 Å². The number of phenolic OH excluding ortho intramolecular Hbond substituents is 1. The van der Waals surface area contributed by atoms with Crippen molar-refractivity contribution in [1.29, 1.82) is 0 Å². The van der Waals surface area contributed by atoms with Crippen LogP contribution in [0.4, 0.5) is 0 Å². The third kappa shape index (κ3) is 2.45. The number of nitrogens with zero attached hydrogens (tertiary/aromatic N) is 5. The fourth-order valence-corrected chi connectivity index (χ4v) is 3.18. The predicted octanol–water partition coefficient (Wildman–Crippen LogP) is 2.81. The Morgan fingerprint density at radius 2 is 1.88 bits per heavy atom. The van der Waals surface area contributed by atoms with Crippen LogP contribution in [0.3, 0.4) is 0 Å². The molecule has 0 bridgehead atoms. The number of nitrogens with two attached hydrogens (primary N) is 1. The zero-order chi connectivity index (χ0) is 18.1. The van der Waals surface area contributed by atoms with Gasteiger partial charge in [-0.25, -0.2) is 4.98 Å². The van der Waals surface area contributed by atoms with Crippen LogP contribution in [-0.2, 0) is 6.54 Å². The van der Waals surface area contributed by atoms with Gasteiger partial charge >= 0.3 is 0 Å². The SMILES string of the molecule is CCCn1c2ccccc2c2nnc(C(=NN)c3ccccc3O)nc21. The van der Waals surface area contributed by atoms with Crippen LogP contribution in [-0.4, -0.2) is 30.6 Å². The van der Waals surface area contributed by atoms with E-state index in [1.165, 1.54) is 0 Å². The van der Waals surface area contributed by atoms with Gasteiger partial charge in [-0.3, -0.25) is 0 Å². The summed E-state index contributed by atoms with van der Waals surface area (Å²) < 4.78 is 2.13. The largest absolute Gasteiger partial charge is 0.507 e. The molecule has 0 unspecified atom stereocenters. The van der Waals surface area contributed by atoms with Crippen LogP contribution in [0.1, 0.15) is 24.7 Å². The summed E-state index contributed by atoms with van der Waals surface area (Å²) in [6.45, 7) is 2.93. The Kier molecular flexibility index (Phi) is 3.96. The lowest BCUT2D eigenvalue weighted by atomic mass is 10.1. The van der Waals surface area contributed by atoms with Crippen molar-refractivity contribution >= 4 is 27.8 Å². The van der Waals surface area contributed by atoms with Crippen LogP contribution in [0.5, 0.6) is 5.75 Å². The van der Waals surface area contributed by atoms with Crippen LogP contribution in [0.2, 0.25) is 0 Å². The number of rotatable bonds is 4. The van der Waals surface area contributed by atoms with Gasteiger partial charge in [0.1, 0.15) is 17.0 Å². The molecule has 4 aromatic rings. The highest BCUT2D eigenvalue weighted by atomic mass is 16.3. The van der Waals surface area contributed by atoms with Crippen molar-refractivity contribution < 1.29 is 5.11 Å². The molecule has 0 amide bonds. The maximum Gasteiger partial charge on any atom is 0.204 e. The van der Waals surface area contributed by atoms with E-state index in [-0.39, 0.29) is 11.6 Å². The third-order valence-corrected chi connectivity index (χ3v) is 4.32. The summed E-state index contributed by atoms with van der Waals surface area (Å²) in [5, 5.41) is 23.5. The summed E-state index contributed by atoms with van der Waals surface area (Å²) in [6.07, 6.45) is 0.963. The summed E-state index contributed by atoms with van der Waals surface area (Å²) in [6, 6.07) is 14.8. The van der Waals surface area contributed by atoms with E-state index >= 15 is 0 Å². The van der Waals surface area contributed by atoms with Crippen molar-refractivity contribution in [3.63, 3.8) is 0 Å². The molecule has 2 aromatic heterocycles. The molecule has 3 N–H and O–H groups in total. The topological polar surface area (TPSA) is 102 Å². The van der Waals surface area contributed by atoms with Gasteiger partial charge in [-0.1, -0.05) is 37.3 Å². The molecule has 0 saturated carbocycles. The van der Waals surface area contributed by atoms with E-state index in [2.05, 4.69) is 37.8 Å². The van der Waals surface area contributed by atoms with Gasteiger partial charge in [-0.05, 0) is 24.6 Å². The number of fused-ring (bicyclic) bond motifs is 3. The van der Waals surface area contributed by atoms with E-state index in [9.17, 15) is 5.11 Å². The normalized spacial score (nSPS) is 12.1. The molecule has 0 saturated heterocycles. The molecule has 7 heteroatoms. The lowest BCUT2D eigenvalue weighted by Gasteiger charge is -2.07. The molecule has 0 radical (unpaired) electrons. The number of aromatic hydroxyl groups is 1. The van der Waals surface area contributed by atoms with E-state index in [4.69, 9.17) is 5.84 Å². The highest BCUT2D eigenvalue weighted by Gasteiger charge is 2.19. The Labute approximate surface area is 149 Å². The number of para-hydroxylation sites is 2. The molecule has 4 rings (SSSR count). The van der Waals surface area contributed by atoms with Crippen molar-refractivity contribution in [1.82, 2.24) is 19.7 Å². The molecule has 0 fully saturated rings. The Morgan fingerprint density at radius 1 is 1.12 bits per heavy atom. The zero-order valence-electron chi connectivity index (χ0n) is 14.3. The fourth-order valence-electron chi connectivity index (χ4n) is 3.18. The molecule has 7 nitrogen and oxygen atoms in total. The fraction of sp³-hybridized carbons (Fsp3) is 0.158. The highest BCUT2D eigenvalue weighted by molar-refractivity contribution is 6.13. The number of aryl methyl sites for hydroxylation is 1. The standard InChI is InChI=1S/C19H18N6O/c1-2-11-25-14-9-5-3-7-12(14)17-19(25)21-18(24-23-17)16(22-20)13-8-4-6-10-15(13)26/h3-10,26H,2,11,20H2,1H3. The van der Waals surface area contributed by atoms with E-state index < -0.39 is 0 Å². The van der Waals surface area contributed by atoms with E-state index in [0.29, 0.717) is 11.3 Å². The lowest BCUT2D eigenvalue weighted by Crippen LogP contribution is -2.13. The van der Waals surface area contributed by atoms with Crippen molar-refractivity contribution in [2.24, 2.45) is 10.9 Å². The number of hydrazone groups is 1. The van der Waals surface area contributed by atoms with Crippen LogP contribution < -0.4 is 5.84 Å². The Morgan fingerprint density at radius 3 is 2.65 bits per heavy atom. The summed E-state index contributed by atoms with van der Waals surface area (Å²) in [7, 11) is 0. The summed E-state index contributed by atoms with van der Waals surface area (Å²) in [5.41, 5.74) is 3.30. The van der Waals surface area contributed by atoms with Gasteiger partial charge in [-0.2, -0.15) is 5.10 Å². The first kappa shape index (κ1) is 16.0. The van der Waals surface area contributed by atoms with Gasteiger partial charge in [0.15, 0.2) is 5.65 Å². The lowest BCUT2D eigenvalue weighted by molar-refractivity contribution is 0.474. The molecule has 26 heavy (non-hydrogen) atoms. The summed E-state index contributed by atoms with van der Waals surface area (Å²) >= 11 is 0. The minimum atomic E-state index is 0.0644. The summed E-state index contributed by atoms with van der Waals surface area (Å²) in [5.74, 6) is 5.93. The smallest absolute Gasteiger partial charge is 0.204 e. The zero-order valence-corrected chi connectivity index (χ0v) is 14.3. The molecule has 0 aliphatic carbocycles. The maximum atomic E-state index is 10.1. The Hall–Kier alpha value is -3.48. The predicted molar refractivity (Wildman–Crippen MR) is 101 cm³/mol. The molecular formula is C19H18N6O. The van der Waals surface area contributed by atoms with E-state index in [0.717, 1.165) is 35.0 Å². The monoisotopic (exact) mass is 346 g/mol. The van der Waals surface area contributed by atoms with Gasteiger partial charge in [0, 0.05) is 17.5 Å².